The molecule has 2 aromatic rings. The number of nitrogens with zero attached hydrogens (tertiary/aromatic N) is 1. The fourth-order valence-electron chi connectivity index (χ4n) is 3.10. The maximum atomic E-state index is 12.2. The van der Waals surface area contributed by atoms with Crippen molar-refractivity contribution in [3.63, 3.8) is 0 Å². The van der Waals surface area contributed by atoms with Crippen LogP contribution in [-0.2, 0) is 4.79 Å². The molecule has 7 heteroatoms. The number of ether oxygens (including phenoxy) is 1. The highest BCUT2D eigenvalue weighted by Crippen LogP contribution is 2.42. The predicted octanol–water partition coefficient (Wildman–Crippen LogP) is 5.88. The van der Waals surface area contributed by atoms with E-state index in [4.69, 9.17) is 39.5 Å². The van der Waals surface area contributed by atoms with Crippen molar-refractivity contribution in [2.45, 2.75) is 26.7 Å². The van der Waals surface area contributed by atoms with Crippen molar-refractivity contribution >= 4 is 52.1 Å². The standard InChI is InChI=1S/C20H21Cl3N2O2/c1-12-17(21)13(2)19(23)20(18(12)22)27-11-16(26)24-14-5-7-15(8-6-14)25-9-3-4-10-25/h5-8H,3-4,9-11H2,1-2H3,(H,24,26). The predicted molar refractivity (Wildman–Crippen MR) is 113 cm³/mol. The first-order chi connectivity index (χ1) is 12.9. The van der Waals surface area contributed by atoms with E-state index in [9.17, 15) is 4.79 Å². The first-order valence-electron chi connectivity index (χ1n) is 8.79. The van der Waals surface area contributed by atoms with Gasteiger partial charge < -0.3 is 15.0 Å². The molecule has 0 unspecified atom stereocenters. The number of amides is 1. The summed E-state index contributed by atoms with van der Waals surface area (Å²) in [5.74, 6) is -0.0152. The number of rotatable bonds is 5. The molecule has 1 fully saturated rings. The molecule has 1 saturated heterocycles. The van der Waals surface area contributed by atoms with Gasteiger partial charge in [0.25, 0.3) is 5.91 Å². The van der Waals surface area contributed by atoms with Crippen molar-refractivity contribution in [2.24, 2.45) is 0 Å². The largest absolute Gasteiger partial charge is 0.481 e. The number of hydrogen-bond donors (Lipinski definition) is 1. The minimum absolute atomic E-state index is 0.201. The van der Waals surface area contributed by atoms with Gasteiger partial charge in [0.1, 0.15) is 0 Å². The molecule has 4 nitrogen and oxygen atoms in total. The first-order valence-corrected chi connectivity index (χ1v) is 9.93. The van der Waals surface area contributed by atoms with Gasteiger partial charge >= 0.3 is 0 Å². The number of nitrogens with one attached hydrogen (secondary N) is 1. The average Bonchev–Trinajstić information content (AvgIpc) is 3.20. The Kier molecular flexibility index (Phi) is 6.40. The Morgan fingerprint density at radius 2 is 1.56 bits per heavy atom. The van der Waals surface area contributed by atoms with Crippen molar-refractivity contribution in [2.75, 3.05) is 29.9 Å². The van der Waals surface area contributed by atoms with E-state index in [-0.39, 0.29) is 18.3 Å². The van der Waals surface area contributed by atoms with Gasteiger partial charge in [0.15, 0.2) is 12.4 Å². The quantitative estimate of drug-likeness (QED) is 0.647. The molecule has 144 valence electrons. The van der Waals surface area contributed by atoms with Gasteiger partial charge in [-0.2, -0.15) is 0 Å². The summed E-state index contributed by atoms with van der Waals surface area (Å²) in [5.41, 5.74) is 3.24. The summed E-state index contributed by atoms with van der Waals surface area (Å²) in [6, 6.07) is 7.81. The number of benzene rings is 2. The highest BCUT2D eigenvalue weighted by molar-refractivity contribution is 6.42. The molecule has 1 N–H and O–H groups in total. The zero-order valence-electron chi connectivity index (χ0n) is 15.2. The lowest BCUT2D eigenvalue weighted by molar-refractivity contribution is -0.118. The smallest absolute Gasteiger partial charge is 0.262 e. The van der Waals surface area contributed by atoms with E-state index >= 15 is 0 Å². The molecule has 1 aliphatic heterocycles. The SMILES string of the molecule is Cc1c(Cl)c(C)c(Cl)c(OCC(=O)Nc2ccc(N3CCCC3)cc2)c1Cl. The number of anilines is 2. The van der Waals surface area contributed by atoms with Crippen LogP contribution < -0.4 is 15.0 Å². The highest BCUT2D eigenvalue weighted by atomic mass is 35.5. The van der Waals surface area contributed by atoms with Crippen LogP contribution in [0.1, 0.15) is 24.0 Å². The number of halogens is 3. The molecule has 2 aromatic carbocycles. The normalized spacial score (nSPS) is 13.7. The van der Waals surface area contributed by atoms with Gasteiger partial charge in [-0.25, -0.2) is 0 Å². The van der Waals surface area contributed by atoms with Crippen LogP contribution >= 0.6 is 34.8 Å². The van der Waals surface area contributed by atoms with Gasteiger partial charge in [0, 0.05) is 29.5 Å². The average molecular weight is 428 g/mol. The van der Waals surface area contributed by atoms with Crippen molar-refractivity contribution < 1.29 is 9.53 Å². The molecular weight excluding hydrogens is 407 g/mol. The van der Waals surface area contributed by atoms with Crippen molar-refractivity contribution in [1.29, 1.82) is 0 Å². The molecule has 27 heavy (non-hydrogen) atoms. The van der Waals surface area contributed by atoms with Gasteiger partial charge in [-0.05, 0) is 62.1 Å². The van der Waals surface area contributed by atoms with Crippen LogP contribution in [0.2, 0.25) is 15.1 Å². The van der Waals surface area contributed by atoms with Crippen LogP contribution in [0, 0.1) is 13.8 Å². The monoisotopic (exact) mass is 426 g/mol. The van der Waals surface area contributed by atoms with E-state index in [1.165, 1.54) is 18.5 Å². The summed E-state index contributed by atoms with van der Waals surface area (Å²) in [6.45, 7) is 5.53. The number of carbonyl (C=O) groups excluding carboxylic acids is 1. The number of hydrogen-bond acceptors (Lipinski definition) is 3. The van der Waals surface area contributed by atoms with Crippen LogP contribution in [0.4, 0.5) is 11.4 Å². The summed E-state index contributed by atoms with van der Waals surface area (Å²) in [7, 11) is 0. The Morgan fingerprint density at radius 1 is 1.00 bits per heavy atom. The molecule has 0 spiro atoms. The second-order valence-corrected chi connectivity index (χ2v) is 7.73. The Morgan fingerprint density at radius 3 is 2.11 bits per heavy atom. The lowest BCUT2D eigenvalue weighted by atomic mass is 10.1. The van der Waals surface area contributed by atoms with Crippen LogP contribution in [0.3, 0.4) is 0 Å². The van der Waals surface area contributed by atoms with E-state index in [2.05, 4.69) is 10.2 Å². The van der Waals surface area contributed by atoms with Crippen molar-refractivity contribution in [3.05, 3.63) is 50.5 Å². The molecule has 0 aromatic heterocycles. The lowest BCUT2D eigenvalue weighted by Gasteiger charge is -2.18. The fraction of sp³-hybridized carbons (Fsp3) is 0.350. The maximum absolute atomic E-state index is 12.2. The van der Waals surface area contributed by atoms with Crippen molar-refractivity contribution in [1.82, 2.24) is 0 Å². The summed E-state index contributed by atoms with van der Waals surface area (Å²) in [5, 5.41) is 3.95. The third kappa shape index (κ3) is 4.45. The molecule has 3 rings (SSSR count). The second-order valence-electron chi connectivity index (χ2n) is 6.60. The second kappa shape index (κ2) is 8.59. The van der Waals surface area contributed by atoms with Gasteiger partial charge in [0.2, 0.25) is 0 Å². The highest BCUT2D eigenvalue weighted by Gasteiger charge is 2.19. The van der Waals surface area contributed by atoms with Crippen LogP contribution in [0.5, 0.6) is 5.75 Å². The Bertz CT molecular complexity index is 818. The molecule has 1 heterocycles. The van der Waals surface area contributed by atoms with Crippen LogP contribution in [-0.4, -0.2) is 25.6 Å². The van der Waals surface area contributed by atoms with Gasteiger partial charge in [-0.15, -0.1) is 0 Å². The fourth-order valence-corrected chi connectivity index (χ4v) is 3.92. The summed E-state index contributed by atoms with van der Waals surface area (Å²) >= 11 is 18.7. The zero-order chi connectivity index (χ0) is 19.6. The molecule has 0 saturated carbocycles. The molecule has 0 atom stereocenters. The minimum atomic E-state index is -0.290. The Labute approximate surface area is 174 Å². The summed E-state index contributed by atoms with van der Waals surface area (Å²) in [6.07, 6.45) is 2.45. The molecule has 1 amide bonds. The molecule has 0 bridgehead atoms. The Balaban J connectivity index is 1.62. The Hall–Kier alpha value is -1.62. The zero-order valence-corrected chi connectivity index (χ0v) is 17.5. The van der Waals surface area contributed by atoms with Crippen LogP contribution in [0.15, 0.2) is 24.3 Å². The van der Waals surface area contributed by atoms with E-state index in [1.807, 2.05) is 24.3 Å². The third-order valence-corrected chi connectivity index (χ3v) is 6.16. The van der Waals surface area contributed by atoms with E-state index in [0.717, 1.165) is 13.1 Å². The number of carbonyl (C=O) groups is 1. The first kappa shape index (κ1) is 20.1. The third-order valence-electron chi connectivity index (χ3n) is 4.69. The van der Waals surface area contributed by atoms with E-state index in [1.54, 1.807) is 13.8 Å². The summed E-state index contributed by atoms with van der Waals surface area (Å²) in [4.78, 5) is 14.6. The minimum Gasteiger partial charge on any atom is -0.481 e. The summed E-state index contributed by atoms with van der Waals surface area (Å²) < 4.78 is 5.58. The molecule has 1 aliphatic rings. The van der Waals surface area contributed by atoms with Crippen molar-refractivity contribution in [3.8, 4) is 5.75 Å². The molecule has 0 aliphatic carbocycles. The van der Waals surface area contributed by atoms with Gasteiger partial charge in [-0.3, -0.25) is 4.79 Å². The van der Waals surface area contributed by atoms with E-state index < -0.39 is 0 Å². The maximum Gasteiger partial charge on any atom is 0.262 e. The molecule has 0 radical (unpaired) electrons. The topological polar surface area (TPSA) is 41.6 Å². The van der Waals surface area contributed by atoms with E-state index in [0.29, 0.717) is 31.9 Å². The van der Waals surface area contributed by atoms with Gasteiger partial charge in [-0.1, -0.05) is 34.8 Å². The molecular formula is C20H21Cl3N2O2. The lowest BCUT2D eigenvalue weighted by Crippen LogP contribution is -2.21. The van der Waals surface area contributed by atoms with Gasteiger partial charge in [0.05, 0.1) is 10.0 Å². The van der Waals surface area contributed by atoms with Crippen LogP contribution in [0.25, 0.3) is 0 Å².